The fourth-order valence-corrected chi connectivity index (χ4v) is 2.55. The Bertz CT molecular complexity index is 503. The molecule has 1 heterocycles. The quantitative estimate of drug-likeness (QED) is 0.866. The number of thiophene rings is 1. The van der Waals surface area contributed by atoms with Crippen LogP contribution >= 0.6 is 11.3 Å². The van der Waals surface area contributed by atoms with Crippen molar-refractivity contribution in [3.05, 3.63) is 47.1 Å². The van der Waals surface area contributed by atoms with E-state index in [1.54, 1.807) is 17.4 Å². The molecule has 3 heteroatoms. The molecule has 0 aliphatic heterocycles. The van der Waals surface area contributed by atoms with E-state index in [1.807, 2.05) is 29.6 Å². The van der Waals surface area contributed by atoms with Crippen LogP contribution in [-0.2, 0) is 6.54 Å². The van der Waals surface area contributed by atoms with E-state index in [4.69, 9.17) is 0 Å². The Morgan fingerprint density at radius 1 is 1.29 bits per heavy atom. The Kier molecular flexibility index (Phi) is 2.95. The maximum absolute atomic E-state index is 13.9. The molecule has 88 valence electrons. The fourth-order valence-electron chi connectivity index (χ4n) is 1.83. The molecule has 0 radical (unpaired) electrons. The number of nitrogens with one attached hydrogen (secondary N) is 1. The number of rotatable bonds is 4. The van der Waals surface area contributed by atoms with Crippen molar-refractivity contribution in [3.63, 3.8) is 0 Å². The molecule has 1 aromatic carbocycles. The minimum atomic E-state index is -0.107. The van der Waals surface area contributed by atoms with E-state index in [2.05, 4.69) is 5.32 Å². The monoisotopic (exact) mass is 247 g/mol. The van der Waals surface area contributed by atoms with E-state index in [9.17, 15) is 4.39 Å². The van der Waals surface area contributed by atoms with Gasteiger partial charge in [0.15, 0.2) is 0 Å². The predicted molar refractivity (Wildman–Crippen MR) is 69.6 cm³/mol. The van der Waals surface area contributed by atoms with Crippen LogP contribution in [0.25, 0.3) is 10.4 Å². The van der Waals surface area contributed by atoms with Gasteiger partial charge in [0.05, 0.1) is 0 Å². The zero-order valence-electron chi connectivity index (χ0n) is 9.45. The summed E-state index contributed by atoms with van der Waals surface area (Å²) in [5.41, 5.74) is 1.73. The minimum Gasteiger partial charge on any atom is -0.310 e. The molecule has 1 fully saturated rings. The van der Waals surface area contributed by atoms with Crippen molar-refractivity contribution in [3.8, 4) is 10.4 Å². The van der Waals surface area contributed by atoms with Gasteiger partial charge in [-0.05, 0) is 35.9 Å². The summed E-state index contributed by atoms with van der Waals surface area (Å²) >= 11 is 1.64. The summed E-state index contributed by atoms with van der Waals surface area (Å²) in [6.45, 7) is 0.640. The largest absolute Gasteiger partial charge is 0.310 e. The zero-order valence-corrected chi connectivity index (χ0v) is 10.3. The van der Waals surface area contributed by atoms with Gasteiger partial charge in [0.2, 0.25) is 0 Å². The molecule has 1 N–H and O–H groups in total. The lowest BCUT2D eigenvalue weighted by Crippen LogP contribution is -2.16. The van der Waals surface area contributed by atoms with Crippen LogP contribution in [0.1, 0.15) is 18.4 Å². The van der Waals surface area contributed by atoms with Gasteiger partial charge < -0.3 is 5.32 Å². The van der Waals surface area contributed by atoms with E-state index < -0.39 is 0 Å². The Labute approximate surface area is 104 Å². The average Bonchev–Trinajstić information content (AvgIpc) is 3.00. The molecule has 0 bridgehead atoms. The third kappa shape index (κ3) is 2.56. The van der Waals surface area contributed by atoms with Gasteiger partial charge in [-0.1, -0.05) is 18.2 Å². The summed E-state index contributed by atoms with van der Waals surface area (Å²) in [7, 11) is 0. The second kappa shape index (κ2) is 4.59. The van der Waals surface area contributed by atoms with E-state index in [1.165, 1.54) is 12.8 Å². The van der Waals surface area contributed by atoms with Crippen LogP contribution < -0.4 is 5.32 Å². The van der Waals surface area contributed by atoms with Crippen molar-refractivity contribution in [2.45, 2.75) is 25.4 Å². The van der Waals surface area contributed by atoms with Gasteiger partial charge in [0, 0.05) is 23.0 Å². The Hall–Kier alpha value is -1.19. The molecule has 0 unspecified atom stereocenters. The van der Waals surface area contributed by atoms with Crippen LogP contribution in [0.4, 0.5) is 4.39 Å². The van der Waals surface area contributed by atoms with E-state index in [-0.39, 0.29) is 5.82 Å². The van der Waals surface area contributed by atoms with Crippen LogP contribution in [0.15, 0.2) is 35.7 Å². The average molecular weight is 247 g/mol. The highest BCUT2D eigenvalue weighted by molar-refractivity contribution is 7.13. The van der Waals surface area contributed by atoms with Crippen molar-refractivity contribution in [1.29, 1.82) is 0 Å². The standard InChI is InChI=1S/C14H14FNS/c15-13-8-10(14-2-1-7-17-14)3-4-11(13)9-16-12-5-6-12/h1-4,7-8,12,16H,5-6,9H2. The third-order valence-corrected chi connectivity index (χ3v) is 3.94. The summed E-state index contributed by atoms with van der Waals surface area (Å²) in [6, 6.07) is 10.1. The van der Waals surface area contributed by atoms with Crippen molar-refractivity contribution >= 4 is 11.3 Å². The molecular formula is C14H14FNS. The lowest BCUT2D eigenvalue weighted by molar-refractivity contribution is 0.587. The highest BCUT2D eigenvalue weighted by Gasteiger charge is 2.20. The predicted octanol–water partition coefficient (Wildman–Crippen LogP) is 3.81. The van der Waals surface area contributed by atoms with Crippen molar-refractivity contribution in [2.75, 3.05) is 0 Å². The van der Waals surface area contributed by atoms with Gasteiger partial charge in [-0.25, -0.2) is 4.39 Å². The molecule has 0 amide bonds. The summed E-state index contributed by atoms with van der Waals surface area (Å²) in [4.78, 5) is 1.12. The van der Waals surface area contributed by atoms with Gasteiger partial charge in [-0.2, -0.15) is 0 Å². The number of benzene rings is 1. The van der Waals surface area contributed by atoms with Gasteiger partial charge >= 0.3 is 0 Å². The van der Waals surface area contributed by atoms with Crippen molar-refractivity contribution in [2.24, 2.45) is 0 Å². The van der Waals surface area contributed by atoms with Crippen LogP contribution in [0.3, 0.4) is 0 Å². The smallest absolute Gasteiger partial charge is 0.128 e. The van der Waals surface area contributed by atoms with E-state index >= 15 is 0 Å². The summed E-state index contributed by atoms with van der Waals surface area (Å²) < 4.78 is 13.9. The molecule has 1 aliphatic carbocycles. The van der Waals surface area contributed by atoms with Crippen LogP contribution in [0.5, 0.6) is 0 Å². The Balaban J connectivity index is 1.78. The number of halogens is 1. The first-order chi connectivity index (χ1) is 8.33. The zero-order chi connectivity index (χ0) is 11.7. The van der Waals surface area contributed by atoms with Gasteiger partial charge in [-0.3, -0.25) is 0 Å². The minimum absolute atomic E-state index is 0.107. The summed E-state index contributed by atoms with van der Waals surface area (Å²) in [5.74, 6) is -0.107. The van der Waals surface area contributed by atoms with Crippen molar-refractivity contribution in [1.82, 2.24) is 5.32 Å². The van der Waals surface area contributed by atoms with Crippen molar-refractivity contribution < 1.29 is 4.39 Å². The summed E-state index contributed by atoms with van der Waals surface area (Å²) in [6.07, 6.45) is 2.46. The van der Waals surface area contributed by atoms with E-state index in [0.717, 1.165) is 16.0 Å². The first-order valence-electron chi connectivity index (χ1n) is 5.88. The molecule has 0 saturated heterocycles. The van der Waals surface area contributed by atoms with Gasteiger partial charge in [0.25, 0.3) is 0 Å². The first kappa shape index (κ1) is 10.9. The first-order valence-corrected chi connectivity index (χ1v) is 6.76. The summed E-state index contributed by atoms with van der Waals surface area (Å²) in [5, 5.41) is 5.34. The molecule has 3 rings (SSSR count). The van der Waals surface area contributed by atoms with Crippen LogP contribution in [0, 0.1) is 5.82 Å². The lowest BCUT2D eigenvalue weighted by Gasteiger charge is -2.06. The normalized spacial score (nSPS) is 15.1. The SMILES string of the molecule is Fc1cc(-c2cccs2)ccc1CNC1CC1. The molecule has 1 nitrogen and oxygen atoms in total. The molecular weight excluding hydrogens is 233 g/mol. The van der Waals surface area contributed by atoms with E-state index in [0.29, 0.717) is 12.6 Å². The Morgan fingerprint density at radius 2 is 2.18 bits per heavy atom. The molecule has 0 atom stereocenters. The second-order valence-electron chi connectivity index (χ2n) is 4.44. The van der Waals surface area contributed by atoms with Crippen LogP contribution in [-0.4, -0.2) is 6.04 Å². The number of hydrogen-bond acceptors (Lipinski definition) is 2. The lowest BCUT2D eigenvalue weighted by atomic mass is 10.1. The molecule has 1 aliphatic rings. The molecule has 1 saturated carbocycles. The maximum Gasteiger partial charge on any atom is 0.128 e. The molecule has 1 aromatic heterocycles. The molecule has 17 heavy (non-hydrogen) atoms. The Morgan fingerprint density at radius 3 is 2.82 bits per heavy atom. The maximum atomic E-state index is 13.9. The third-order valence-electron chi connectivity index (χ3n) is 3.02. The molecule has 2 aromatic rings. The fraction of sp³-hybridized carbons (Fsp3) is 0.286. The van der Waals surface area contributed by atoms with Gasteiger partial charge in [0.1, 0.15) is 5.82 Å². The number of hydrogen-bond donors (Lipinski definition) is 1. The molecule has 0 spiro atoms. The van der Waals surface area contributed by atoms with Gasteiger partial charge in [-0.15, -0.1) is 11.3 Å². The topological polar surface area (TPSA) is 12.0 Å². The highest BCUT2D eigenvalue weighted by Crippen LogP contribution is 2.26. The highest BCUT2D eigenvalue weighted by atomic mass is 32.1. The van der Waals surface area contributed by atoms with Crippen LogP contribution in [0.2, 0.25) is 0 Å². The second-order valence-corrected chi connectivity index (χ2v) is 5.39.